The summed E-state index contributed by atoms with van der Waals surface area (Å²) >= 11 is 5.03. The number of hydrogen-bond donors (Lipinski definition) is 0. The smallest absolute Gasteiger partial charge is 0.339 e. The fourth-order valence-corrected chi connectivity index (χ4v) is 2.49. The highest BCUT2D eigenvalue weighted by Crippen LogP contribution is 2.26. The van der Waals surface area contributed by atoms with Crippen molar-refractivity contribution in [2.75, 3.05) is 12.4 Å². The van der Waals surface area contributed by atoms with Gasteiger partial charge in [-0.3, -0.25) is 0 Å². The van der Waals surface area contributed by atoms with Gasteiger partial charge in [0.15, 0.2) is 0 Å². The lowest BCUT2D eigenvalue weighted by Gasteiger charge is -2.07. The Kier molecular flexibility index (Phi) is 5.19. The summed E-state index contributed by atoms with van der Waals surface area (Å²) in [6.45, 7) is 4.27. The first kappa shape index (κ1) is 12.6. The van der Waals surface area contributed by atoms with E-state index in [2.05, 4.69) is 22.9 Å². The van der Waals surface area contributed by atoms with Crippen molar-refractivity contribution < 1.29 is 9.53 Å². The van der Waals surface area contributed by atoms with Gasteiger partial charge in [0.25, 0.3) is 0 Å². The van der Waals surface area contributed by atoms with E-state index in [0.717, 1.165) is 15.1 Å². The molecule has 0 unspecified atom stereocenters. The third-order valence-corrected chi connectivity index (χ3v) is 3.17. The molecule has 1 aromatic rings. The molecule has 0 fully saturated rings. The predicted octanol–water partition coefficient (Wildman–Crippen LogP) is 3.74. The van der Waals surface area contributed by atoms with E-state index in [4.69, 9.17) is 4.74 Å². The molecule has 1 rings (SSSR count). The molecule has 82 valence electrons. The fourth-order valence-electron chi connectivity index (χ4n) is 1.15. The van der Waals surface area contributed by atoms with Crippen LogP contribution in [0.4, 0.5) is 0 Å². The quantitative estimate of drug-likeness (QED) is 0.624. The maximum absolute atomic E-state index is 11.6. The summed E-state index contributed by atoms with van der Waals surface area (Å²) in [6.07, 6.45) is 0. The summed E-state index contributed by atoms with van der Waals surface area (Å²) in [5, 5.41) is 0. The average Bonchev–Trinajstić information content (AvgIpc) is 2.18. The molecule has 0 N–H and O–H groups in total. The van der Waals surface area contributed by atoms with Crippen LogP contribution in [-0.4, -0.2) is 18.3 Å². The second kappa shape index (κ2) is 6.18. The van der Waals surface area contributed by atoms with Crippen molar-refractivity contribution in [1.82, 2.24) is 0 Å². The molecule has 0 aliphatic rings. The molecule has 2 nitrogen and oxygen atoms in total. The Morgan fingerprint density at radius 1 is 1.47 bits per heavy atom. The summed E-state index contributed by atoms with van der Waals surface area (Å²) < 4.78 is 5.97. The van der Waals surface area contributed by atoms with Crippen molar-refractivity contribution in [1.29, 1.82) is 0 Å². The Hall–Kier alpha value is -0.480. The molecule has 0 aliphatic heterocycles. The lowest BCUT2D eigenvalue weighted by molar-refractivity contribution is 0.0522. The van der Waals surface area contributed by atoms with E-state index < -0.39 is 0 Å². The minimum Gasteiger partial charge on any atom is -0.462 e. The molecule has 0 spiro atoms. The molecular formula is C11H13BrO2S. The molecule has 0 amide bonds. The molecule has 0 atom stereocenters. The van der Waals surface area contributed by atoms with Crippen molar-refractivity contribution in [3.05, 3.63) is 28.2 Å². The molecule has 4 heteroatoms. The Morgan fingerprint density at radius 3 is 2.80 bits per heavy atom. The highest BCUT2D eigenvalue weighted by Gasteiger charge is 2.12. The van der Waals surface area contributed by atoms with Crippen LogP contribution in [0.15, 0.2) is 27.6 Å². The van der Waals surface area contributed by atoms with Crippen LogP contribution >= 0.6 is 27.7 Å². The van der Waals surface area contributed by atoms with Gasteiger partial charge in [-0.25, -0.2) is 4.79 Å². The van der Waals surface area contributed by atoms with E-state index in [1.165, 1.54) is 0 Å². The summed E-state index contributed by atoms with van der Waals surface area (Å²) in [4.78, 5) is 12.6. The van der Waals surface area contributed by atoms with Crippen molar-refractivity contribution in [2.24, 2.45) is 0 Å². The van der Waals surface area contributed by atoms with Crippen molar-refractivity contribution >= 4 is 33.7 Å². The maximum Gasteiger partial charge on any atom is 0.339 e. The van der Waals surface area contributed by atoms with Gasteiger partial charge < -0.3 is 4.74 Å². The SMILES string of the molecule is CCOC(=O)c1ccc(Br)cc1SCC. The molecule has 15 heavy (non-hydrogen) atoms. The van der Waals surface area contributed by atoms with Gasteiger partial charge in [-0.15, -0.1) is 11.8 Å². The number of benzene rings is 1. The first-order valence-corrected chi connectivity index (χ1v) is 6.56. The molecule has 0 bridgehead atoms. The number of carbonyl (C=O) groups is 1. The maximum atomic E-state index is 11.6. The third-order valence-electron chi connectivity index (χ3n) is 1.74. The number of esters is 1. The topological polar surface area (TPSA) is 26.3 Å². The third kappa shape index (κ3) is 3.54. The molecule has 0 aliphatic carbocycles. The van der Waals surface area contributed by atoms with E-state index >= 15 is 0 Å². The lowest BCUT2D eigenvalue weighted by Crippen LogP contribution is -2.06. The highest BCUT2D eigenvalue weighted by atomic mass is 79.9. The van der Waals surface area contributed by atoms with Gasteiger partial charge in [0, 0.05) is 9.37 Å². The van der Waals surface area contributed by atoms with Crippen LogP contribution in [-0.2, 0) is 4.74 Å². The summed E-state index contributed by atoms with van der Waals surface area (Å²) in [5.74, 6) is 0.684. The van der Waals surface area contributed by atoms with Gasteiger partial charge in [0.1, 0.15) is 0 Å². The number of hydrogen-bond acceptors (Lipinski definition) is 3. The van der Waals surface area contributed by atoms with Crippen LogP contribution in [0.1, 0.15) is 24.2 Å². The zero-order chi connectivity index (χ0) is 11.3. The molecule has 0 radical (unpaired) electrons. The Labute approximate surface area is 103 Å². The number of ether oxygens (including phenoxy) is 1. The van der Waals surface area contributed by atoms with E-state index in [-0.39, 0.29) is 5.97 Å². The predicted molar refractivity (Wildman–Crippen MR) is 66.5 cm³/mol. The lowest BCUT2D eigenvalue weighted by atomic mass is 10.2. The minimum absolute atomic E-state index is 0.249. The average molecular weight is 289 g/mol. The van der Waals surface area contributed by atoms with Gasteiger partial charge in [-0.1, -0.05) is 22.9 Å². The zero-order valence-corrected chi connectivity index (χ0v) is 11.2. The summed E-state index contributed by atoms with van der Waals surface area (Å²) in [5.41, 5.74) is 0.645. The van der Waals surface area contributed by atoms with Crippen molar-refractivity contribution in [3.8, 4) is 0 Å². The van der Waals surface area contributed by atoms with Crippen molar-refractivity contribution in [3.63, 3.8) is 0 Å². The molecule has 0 saturated carbocycles. The van der Waals surface area contributed by atoms with E-state index in [9.17, 15) is 4.79 Å². The van der Waals surface area contributed by atoms with Gasteiger partial charge in [0.2, 0.25) is 0 Å². The van der Waals surface area contributed by atoms with Crippen LogP contribution in [0.2, 0.25) is 0 Å². The number of carbonyl (C=O) groups excluding carboxylic acids is 1. The van der Waals surface area contributed by atoms with E-state index in [1.807, 2.05) is 19.1 Å². The molecule has 0 aromatic heterocycles. The van der Waals surface area contributed by atoms with E-state index in [0.29, 0.717) is 12.2 Å². The van der Waals surface area contributed by atoms with Gasteiger partial charge in [-0.05, 0) is 30.9 Å². The van der Waals surface area contributed by atoms with Crippen LogP contribution in [0, 0.1) is 0 Å². The minimum atomic E-state index is -0.249. The number of thioether (sulfide) groups is 1. The Morgan fingerprint density at radius 2 is 2.20 bits per heavy atom. The summed E-state index contributed by atoms with van der Waals surface area (Å²) in [7, 11) is 0. The van der Waals surface area contributed by atoms with Crippen LogP contribution in [0.3, 0.4) is 0 Å². The first-order valence-electron chi connectivity index (χ1n) is 4.78. The van der Waals surface area contributed by atoms with Crippen LogP contribution in [0.5, 0.6) is 0 Å². The van der Waals surface area contributed by atoms with Gasteiger partial charge in [-0.2, -0.15) is 0 Å². The normalized spacial score (nSPS) is 10.1. The van der Waals surface area contributed by atoms with Gasteiger partial charge in [0.05, 0.1) is 12.2 Å². The van der Waals surface area contributed by atoms with Gasteiger partial charge >= 0.3 is 5.97 Å². The summed E-state index contributed by atoms with van der Waals surface area (Å²) in [6, 6.07) is 5.59. The van der Waals surface area contributed by atoms with E-state index in [1.54, 1.807) is 17.8 Å². The Bertz CT molecular complexity index is 352. The standard InChI is InChI=1S/C11H13BrO2S/c1-3-14-11(13)9-6-5-8(12)7-10(9)15-4-2/h5-7H,3-4H2,1-2H3. The van der Waals surface area contributed by atoms with Crippen LogP contribution < -0.4 is 0 Å². The molecular weight excluding hydrogens is 276 g/mol. The monoisotopic (exact) mass is 288 g/mol. The van der Waals surface area contributed by atoms with Crippen LogP contribution in [0.25, 0.3) is 0 Å². The highest BCUT2D eigenvalue weighted by molar-refractivity contribution is 9.10. The fraction of sp³-hybridized carbons (Fsp3) is 0.364. The first-order chi connectivity index (χ1) is 7.19. The zero-order valence-electron chi connectivity index (χ0n) is 8.75. The Balaban J connectivity index is 2.99. The molecule has 1 aromatic carbocycles. The molecule has 0 saturated heterocycles. The second-order valence-electron chi connectivity index (χ2n) is 2.79. The number of rotatable bonds is 4. The molecule has 0 heterocycles. The second-order valence-corrected chi connectivity index (χ2v) is 5.02. The van der Waals surface area contributed by atoms with Crippen molar-refractivity contribution in [2.45, 2.75) is 18.7 Å². The largest absolute Gasteiger partial charge is 0.462 e. The number of halogens is 1.